The van der Waals surface area contributed by atoms with Crippen LogP contribution in [0, 0.1) is 17.8 Å². The quantitative estimate of drug-likeness (QED) is 0.803. The molecule has 6 nitrogen and oxygen atoms in total. The summed E-state index contributed by atoms with van der Waals surface area (Å²) in [6.07, 6.45) is 5.13. The van der Waals surface area contributed by atoms with Gasteiger partial charge in [0, 0.05) is 19.6 Å². The lowest BCUT2D eigenvalue weighted by Gasteiger charge is -2.32. The molecule has 122 valence electrons. The molecule has 2 atom stereocenters. The molecule has 0 aromatic heterocycles. The van der Waals surface area contributed by atoms with E-state index in [1.54, 1.807) is 0 Å². The number of nitrogens with one attached hydrogen (secondary N) is 1. The van der Waals surface area contributed by atoms with Crippen molar-refractivity contribution in [3.05, 3.63) is 0 Å². The highest BCUT2D eigenvalue weighted by molar-refractivity contribution is 7.87. The third-order valence-corrected chi connectivity index (χ3v) is 6.41. The number of hydrogen-bond acceptors (Lipinski definition) is 3. The maximum absolute atomic E-state index is 12.3. The number of hydrogen-bond donors (Lipinski definition) is 2. The lowest BCUT2D eigenvalue weighted by Crippen LogP contribution is -2.47. The Bertz CT molecular complexity index is 458. The predicted octanol–water partition coefficient (Wildman–Crippen LogP) is 1.44. The van der Waals surface area contributed by atoms with Crippen molar-refractivity contribution in [2.24, 2.45) is 17.8 Å². The Morgan fingerprint density at radius 3 is 2.43 bits per heavy atom. The van der Waals surface area contributed by atoms with Gasteiger partial charge in [0.15, 0.2) is 0 Å². The highest BCUT2D eigenvalue weighted by atomic mass is 32.2. The van der Waals surface area contributed by atoms with Crippen LogP contribution in [-0.2, 0) is 15.0 Å². The summed E-state index contributed by atoms with van der Waals surface area (Å²) in [6, 6.07) is 0. The van der Waals surface area contributed by atoms with Gasteiger partial charge in [-0.25, -0.2) is 4.72 Å². The lowest BCUT2D eigenvalue weighted by molar-refractivity contribution is -0.144. The first-order valence-electron chi connectivity index (χ1n) is 7.87. The number of nitrogens with zero attached hydrogens (tertiary/aromatic N) is 1. The number of carbonyl (C=O) groups is 1. The third-order valence-electron chi connectivity index (χ3n) is 4.84. The lowest BCUT2D eigenvalue weighted by atomic mass is 9.79. The van der Waals surface area contributed by atoms with Crippen molar-refractivity contribution in [2.45, 2.75) is 45.4 Å². The second kappa shape index (κ2) is 7.07. The summed E-state index contributed by atoms with van der Waals surface area (Å²) in [5.74, 6) is -0.727. The van der Waals surface area contributed by atoms with E-state index in [0.29, 0.717) is 25.4 Å². The van der Waals surface area contributed by atoms with Crippen LogP contribution in [0.4, 0.5) is 0 Å². The fourth-order valence-corrected chi connectivity index (χ4v) is 4.60. The van der Waals surface area contributed by atoms with Crippen molar-refractivity contribution in [1.82, 2.24) is 9.03 Å². The van der Waals surface area contributed by atoms with Gasteiger partial charge in [-0.15, -0.1) is 0 Å². The van der Waals surface area contributed by atoms with E-state index in [1.165, 1.54) is 4.31 Å². The van der Waals surface area contributed by atoms with Crippen LogP contribution in [0.2, 0.25) is 0 Å². The molecule has 1 heterocycles. The summed E-state index contributed by atoms with van der Waals surface area (Å²) in [4.78, 5) is 11.2. The summed E-state index contributed by atoms with van der Waals surface area (Å²) in [7, 11) is -3.46. The summed E-state index contributed by atoms with van der Waals surface area (Å²) in [5, 5.41) is 9.23. The molecular weight excluding hydrogens is 292 g/mol. The zero-order chi connectivity index (χ0) is 15.5. The van der Waals surface area contributed by atoms with Crippen LogP contribution in [0.3, 0.4) is 0 Å². The van der Waals surface area contributed by atoms with E-state index in [2.05, 4.69) is 11.6 Å². The number of carboxylic acid groups (broad SMARTS) is 1. The molecule has 0 radical (unpaired) electrons. The fraction of sp³-hybridized carbons (Fsp3) is 0.929. The molecule has 1 aliphatic heterocycles. The molecule has 0 spiro atoms. The highest BCUT2D eigenvalue weighted by Gasteiger charge is 2.33. The molecule has 21 heavy (non-hydrogen) atoms. The average molecular weight is 318 g/mol. The summed E-state index contributed by atoms with van der Waals surface area (Å²) in [6.45, 7) is 3.50. The van der Waals surface area contributed by atoms with Crippen molar-refractivity contribution >= 4 is 16.2 Å². The van der Waals surface area contributed by atoms with Crippen molar-refractivity contribution in [3.63, 3.8) is 0 Å². The first-order chi connectivity index (χ1) is 9.90. The first-order valence-corrected chi connectivity index (χ1v) is 9.31. The molecule has 7 heteroatoms. The van der Waals surface area contributed by atoms with Crippen molar-refractivity contribution in [1.29, 1.82) is 0 Å². The molecule has 0 aromatic carbocycles. The van der Waals surface area contributed by atoms with Gasteiger partial charge >= 0.3 is 5.97 Å². The Morgan fingerprint density at radius 2 is 1.81 bits per heavy atom. The van der Waals surface area contributed by atoms with Gasteiger partial charge in [0.2, 0.25) is 0 Å². The van der Waals surface area contributed by atoms with Crippen LogP contribution < -0.4 is 4.72 Å². The van der Waals surface area contributed by atoms with Gasteiger partial charge in [0.1, 0.15) is 0 Å². The SMILES string of the molecule is CC1CCN(S(=O)(=O)NCC2CCCCC2C(=O)O)CC1. The van der Waals surface area contributed by atoms with Crippen LogP contribution in [-0.4, -0.2) is 43.4 Å². The van der Waals surface area contributed by atoms with Crippen LogP contribution in [0.15, 0.2) is 0 Å². The van der Waals surface area contributed by atoms with E-state index in [9.17, 15) is 18.3 Å². The standard InChI is InChI=1S/C14H26N2O4S/c1-11-6-8-16(9-7-11)21(19,20)15-10-12-4-2-3-5-13(12)14(17)18/h11-13,15H,2-10H2,1H3,(H,17,18). The molecule has 0 bridgehead atoms. The summed E-state index contributed by atoms with van der Waals surface area (Å²) in [5.41, 5.74) is 0. The van der Waals surface area contributed by atoms with Gasteiger partial charge in [-0.05, 0) is 37.5 Å². The molecule has 2 unspecified atom stereocenters. The van der Waals surface area contributed by atoms with Crippen molar-refractivity contribution in [2.75, 3.05) is 19.6 Å². The Hall–Kier alpha value is -0.660. The van der Waals surface area contributed by atoms with Crippen LogP contribution >= 0.6 is 0 Å². The number of piperidine rings is 1. The Balaban J connectivity index is 1.89. The normalized spacial score (nSPS) is 29.4. The molecule has 2 fully saturated rings. The van der Waals surface area contributed by atoms with Gasteiger partial charge < -0.3 is 5.11 Å². The van der Waals surface area contributed by atoms with E-state index in [4.69, 9.17) is 0 Å². The molecule has 0 aromatic rings. The zero-order valence-electron chi connectivity index (χ0n) is 12.6. The minimum atomic E-state index is -3.46. The topological polar surface area (TPSA) is 86.7 Å². The van der Waals surface area contributed by atoms with E-state index in [-0.39, 0.29) is 12.5 Å². The summed E-state index contributed by atoms with van der Waals surface area (Å²) < 4.78 is 28.7. The molecule has 1 saturated carbocycles. The van der Waals surface area contributed by atoms with Gasteiger partial charge in [-0.1, -0.05) is 19.8 Å². The van der Waals surface area contributed by atoms with E-state index in [0.717, 1.165) is 32.1 Å². The molecule has 2 aliphatic rings. The van der Waals surface area contributed by atoms with Gasteiger partial charge in [0.25, 0.3) is 10.2 Å². The van der Waals surface area contributed by atoms with Crippen LogP contribution in [0.5, 0.6) is 0 Å². The number of carboxylic acids is 1. The predicted molar refractivity (Wildman–Crippen MR) is 80.0 cm³/mol. The van der Waals surface area contributed by atoms with Gasteiger partial charge in [-0.3, -0.25) is 4.79 Å². The maximum Gasteiger partial charge on any atom is 0.306 e. The van der Waals surface area contributed by atoms with Crippen LogP contribution in [0.25, 0.3) is 0 Å². The van der Waals surface area contributed by atoms with Crippen LogP contribution in [0.1, 0.15) is 45.4 Å². The number of aliphatic carboxylic acids is 1. The third kappa shape index (κ3) is 4.40. The Morgan fingerprint density at radius 1 is 1.19 bits per heavy atom. The summed E-state index contributed by atoms with van der Waals surface area (Å²) >= 11 is 0. The maximum atomic E-state index is 12.3. The zero-order valence-corrected chi connectivity index (χ0v) is 13.4. The second-order valence-electron chi connectivity index (χ2n) is 6.42. The molecule has 1 saturated heterocycles. The van der Waals surface area contributed by atoms with E-state index in [1.807, 2.05) is 0 Å². The minimum absolute atomic E-state index is 0.0882. The van der Waals surface area contributed by atoms with Gasteiger partial charge in [0.05, 0.1) is 5.92 Å². The smallest absolute Gasteiger partial charge is 0.306 e. The first kappa shape index (κ1) is 16.7. The largest absolute Gasteiger partial charge is 0.481 e. The van der Waals surface area contributed by atoms with E-state index < -0.39 is 22.1 Å². The monoisotopic (exact) mass is 318 g/mol. The number of rotatable bonds is 5. The molecule has 1 aliphatic carbocycles. The van der Waals surface area contributed by atoms with Gasteiger partial charge in [-0.2, -0.15) is 12.7 Å². The van der Waals surface area contributed by atoms with E-state index >= 15 is 0 Å². The second-order valence-corrected chi connectivity index (χ2v) is 8.18. The Kier molecular flexibility index (Phi) is 5.62. The average Bonchev–Trinajstić information content (AvgIpc) is 2.46. The Labute approximate surface area is 127 Å². The molecule has 2 N–H and O–H groups in total. The molecular formula is C14H26N2O4S. The van der Waals surface area contributed by atoms with Crippen molar-refractivity contribution < 1.29 is 18.3 Å². The van der Waals surface area contributed by atoms with Crippen molar-refractivity contribution in [3.8, 4) is 0 Å². The fourth-order valence-electron chi connectivity index (χ4n) is 3.31. The molecule has 2 rings (SSSR count). The highest BCUT2D eigenvalue weighted by Crippen LogP contribution is 2.30. The minimum Gasteiger partial charge on any atom is -0.481 e. The molecule has 0 amide bonds.